The van der Waals surface area contributed by atoms with Gasteiger partial charge in [0.25, 0.3) is 0 Å². The normalized spacial score (nSPS) is 12.0. The van der Waals surface area contributed by atoms with Gasteiger partial charge in [0.05, 0.1) is 10.2 Å². The largest absolute Gasteiger partial charge is 0.308 e. The average Bonchev–Trinajstić information content (AvgIpc) is 3.20. The van der Waals surface area contributed by atoms with E-state index in [1.54, 1.807) is 0 Å². The molecule has 2 aromatic heterocycles. The smallest absolute Gasteiger partial charge is 0.110 e. The fourth-order valence-corrected chi connectivity index (χ4v) is 4.38. The number of hydrogen-bond donors (Lipinski definition) is 1. The summed E-state index contributed by atoms with van der Waals surface area (Å²) in [5, 5.41) is 9.07. The van der Waals surface area contributed by atoms with Crippen LogP contribution in [-0.2, 0) is 6.54 Å². The van der Waals surface area contributed by atoms with E-state index in [0.29, 0.717) is 0 Å². The van der Waals surface area contributed by atoms with Crippen LogP contribution < -0.4 is 0 Å². The number of likely N-dealkylation sites (N-methyl/N-ethyl adjacent to an activating group) is 2. The number of nitrogens with one attached hydrogen (secondary N) is 1. The molecule has 2 aromatic carbocycles. The molecular weight excluding hydrogens is 340 g/mol. The second-order valence-corrected chi connectivity index (χ2v) is 8.16. The molecule has 0 aliphatic rings. The van der Waals surface area contributed by atoms with Gasteiger partial charge in [-0.3, -0.25) is 5.10 Å². The molecule has 4 nitrogen and oxygen atoms in total. The first-order valence-corrected chi connectivity index (χ1v) is 9.71. The van der Waals surface area contributed by atoms with Crippen LogP contribution >= 0.6 is 11.3 Å². The lowest BCUT2D eigenvalue weighted by atomic mass is 10.1. The molecule has 5 heteroatoms. The van der Waals surface area contributed by atoms with Gasteiger partial charge in [0.1, 0.15) is 5.69 Å². The van der Waals surface area contributed by atoms with E-state index in [2.05, 4.69) is 89.7 Å². The van der Waals surface area contributed by atoms with Gasteiger partial charge in [-0.05, 0) is 32.8 Å². The number of nitrogens with zero attached hydrogens (tertiary/aromatic N) is 3. The predicted molar refractivity (Wildman–Crippen MR) is 112 cm³/mol. The van der Waals surface area contributed by atoms with Crippen molar-refractivity contribution in [2.75, 3.05) is 34.2 Å². The summed E-state index contributed by atoms with van der Waals surface area (Å²) in [6.07, 6.45) is 0. The number of aromatic nitrogens is 2. The Hall–Kier alpha value is -2.21. The first-order valence-electron chi connectivity index (χ1n) is 8.90. The van der Waals surface area contributed by atoms with Crippen LogP contribution in [0, 0.1) is 0 Å². The Morgan fingerprint density at radius 2 is 1.73 bits per heavy atom. The molecule has 0 bridgehead atoms. The lowest BCUT2D eigenvalue weighted by molar-refractivity contribution is 0.276. The summed E-state index contributed by atoms with van der Waals surface area (Å²) in [7, 11) is 6.40. The monoisotopic (exact) mass is 364 g/mol. The minimum absolute atomic E-state index is 0.965. The van der Waals surface area contributed by atoms with Crippen molar-refractivity contribution >= 4 is 31.6 Å². The molecule has 0 saturated heterocycles. The van der Waals surface area contributed by atoms with E-state index in [0.717, 1.165) is 30.8 Å². The number of hydrogen-bond acceptors (Lipinski definition) is 4. The van der Waals surface area contributed by atoms with Gasteiger partial charge in [-0.1, -0.05) is 42.5 Å². The number of fused-ring (bicyclic) bond motifs is 3. The van der Waals surface area contributed by atoms with Gasteiger partial charge in [0.15, 0.2) is 0 Å². The Labute approximate surface area is 158 Å². The summed E-state index contributed by atoms with van der Waals surface area (Å²) in [4.78, 5) is 4.57. The third kappa shape index (κ3) is 3.38. The van der Waals surface area contributed by atoms with Crippen molar-refractivity contribution in [1.82, 2.24) is 20.0 Å². The van der Waals surface area contributed by atoms with Crippen LogP contribution in [-0.4, -0.2) is 54.2 Å². The molecule has 0 fully saturated rings. The summed E-state index contributed by atoms with van der Waals surface area (Å²) in [6.45, 7) is 3.11. The molecule has 26 heavy (non-hydrogen) atoms. The maximum atomic E-state index is 4.58. The summed E-state index contributed by atoms with van der Waals surface area (Å²) in [5.74, 6) is 0. The zero-order valence-electron chi connectivity index (χ0n) is 15.5. The number of thiophene rings is 1. The zero-order chi connectivity index (χ0) is 18.1. The molecule has 0 aliphatic carbocycles. The van der Waals surface area contributed by atoms with Gasteiger partial charge in [-0.25, -0.2) is 0 Å². The molecule has 2 heterocycles. The van der Waals surface area contributed by atoms with Crippen molar-refractivity contribution in [1.29, 1.82) is 0 Å². The highest BCUT2D eigenvalue weighted by Gasteiger charge is 2.13. The van der Waals surface area contributed by atoms with Gasteiger partial charge in [-0.2, -0.15) is 5.10 Å². The van der Waals surface area contributed by atoms with E-state index in [4.69, 9.17) is 0 Å². The average molecular weight is 365 g/mol. The number of rotatable bonds is 6. The van der Waals surface area contributed by atoms with Gasteiger partial charge in [0.2, 0.25) is 0 Å². The molecule has 134 valence electrons. The third-order valence-corrected chi connectivity index (χ3v) is 5.88. The van der Waals surface area contributed by atoms with Crippen molar-refractivity contribution in [3.05, 3.63) is 54.1 Å². The van der Waals surface area contributed by atoms with E-state index < -0.39 is 0 Å². The topological polar surface area (TPSA) is 35.2 Å². The van der Waals surface area contributed by atoms with Crippen LogP contribution in [0.1, 0.15) is 5.56 Å². The molecule has 0 spiro atoms. The van der Waals surface area contributed by atoms with Crippen LogP contribution in [0.25, 0.3) is 31.6 Å². The van der Waals surface area contributed by atoms with Crippen LogP contribution in [0.2, 0.25) is 0 Å². The van der Waals surface area contributed by atoms with Gasteiger partial charge in [-0.15, -0.1) is 11.3 Å². The maximum Gasteiger partial charge on any atom is 0.110 e. The first-order chi connectivity index (χ1) is 12.6. The van der Waals surface area contributed by atoms with Crippen LogP contribution in [0.3, 0.4) is 0 Å². The van der Waals surface area contributed by atoms with Crippen molar-refractivity contribution in [2.45, 2.75) is 6.54 Å². The Morgan fingerprint density at radius 3 is 2.50 bits per heavy atom. The van der Waals surface area contributed by atoms with Crippen molar-refractivity contribution in [3.8, 4) is 11.3 Å². The molecule has 0 amide bonds. The van der Waals surface area contributed by atoms with E-state index in [1.165, 1.54) is 25.9 Å². The highest BCUT2D eigenvalue weighted by atomic mass is 32.1. The van der Waals surface area contributed by atoms with Gasteiger partial charge < -0.3 is 9.80 Å². The summed E-state index contributed by atoms with van der Waals surface area (Å²) in [6, 6.07) is 17.3. The van der Waals surface area contributed by atoms with E-state index in [-0.39, 0.29) is 0 Å². The SMILES string of the molecule is CN(C)CCN(C)Cc1ccc(-c2n[nH]c3c2sc2ccccc23)cc1. The highest BCUT2D eigenvalue weighted by molar-refractivity contribution is 7.26. The van der Waals surface area contributed by atoms with E-state index in [1.807, 2.05) is 11.3 Å². The Balaban J connectivity index is 1.56. The first kappa shape index (κ1) is 17.2. The number of benzene rings is 2. The quantitative estimate of drug-likeness (QED) is 0.549. The summed E-state index contributed by atoms with van der Waals surface area (Å²) in [5.41, 5.74) is 4.70. The fourth-order valence-electron chi connectivity index (χ4n) is 3.21. The van der Waals surface area contributed by atoms with Crippen molar-refractivity contribution in [3.63, 3.8) is 0 Å². The van der Waals surface area contributed by atoms with Gasteiger partial charge in [0, 0.05) is 35.3 Å². The molecule has 0 atom stereocenters. The van der Waals surface area contributed by atoms with E-state index in [9.17, 15) is 0 Å². The molecule has 0 unspecified atom stereocenters. The predicted octanol–water partition coefficient (Wildman–Crippen LogP) is 4.44. The fraction of sp³-hybridized carbons (Fsp3) is 0.286. The Morgan fingerprint density at radius 1 is 0.962 bits per heavy atom. The van der Waals surface area contributed by atoms with Crippen molar-refractivity contribution in [2.24, 2.45) is 0 Å². The molecule has 0 saturated carbocycles. The van der Waals surface area contributed by atoms with Gasteiger partial charge >= 0.3 is 0 Å². The van der Waals surface area contributed by atoms with Crippen LogP contribution in [0.5, 0.6) is 0 Å². The number of aromatic amines is 1. The Kier molecular flexibility index (Phi) is 4.76. The molecular formula is C21H24N4S. The Bertz CT molecular complexity index is 1010. The molecule has 1 N–H and O–H groups in total. The highest BCUT2D eigenvalue weighted by Crippen LogP contribution is 2.38. The molecule has 0 aliphatic heterocycles. The van der Waals surface area contributed by atoms with Crippen LogP contribution in [0.4, 0.5) is 0 Å². The summed E-state index contributed by atoms with van der Waals surface area (Å²) < 4.78 is 2.54. The minimum atomic E-state index is 0.965. The number of H-pyrrole nitrogens is 1. The third-order valence-electron chi connectivity index (χ3n) is 4.70. The standard InChI is InChI=1S/C21H24N4S/c1-24(2)12-13-25(3)14-15-8-10-16(11-9-15)19-21-20(23-22-19)17-6-4-5-7-18(17)26-21/h4-11H,12-14H2,1-3H3,(H,22,23). The lowest BCUT2D eigenvalue weighted by Crippen LogP contribution is -2.28. The zero-order valence-corrected chi connectivity index (χ0v) is 16.3. The van der Waals surface area contributed by atoms with Crippen LogP contribution in [0.15, 0.2) is 48.5 Å². The lowest BCUT2D eigenvalue weighted by Gasteiger charge is -2.19. The maximum absolute atomic E-state index is 4.58. The molecule has 4 aromatic rings. The minimum Gasteiger partial charge on any atom is -0.308 e. The molecule has 4 rings (SSSR count). The van der Waals surface area contributed by atoms with E-state index >= 15 is 0 Å². The second kappa shape index (κ2) is 7.19. The molecule has 0 radical (unpaired) electrons. The summed E-state index contributed by atoms with van der Waals surface area (Å²) >= 11 is 1.81. The second-order valence-electron chi connectivity index (χ2n) is 7.11. The van der Waals surface area contributed by atoms with Crippen molar-refractivity contribution < 1.29 is 0 Å².